The quantitative estimate of drug-likeness (QED) is 0.769. The van der Waals surface area contributed by atoms with Crippen LogP contribution in [0.25, 0.3) is 0 Å². The number of nitrogens with zero attached hydrogens (tertiary/aromatic N) is 2. The van der Waals surface area contributed by atoms with Gasteiger partial charge in [-0.1, -0.05) is 0 Å². The summed E-state index contributed by atoms with van der Waals surface area (Å²) in [6.45, 7) is 0. The van der Waals surface area contributed by atoms with Crippen LogP contribution in [0.3, 0.4) is 0 Å². The van der Waals surface area contributed by atoms with Gasteiger partial charge >= 0.3 is 0 Å². The molecule has 4 N–H and O–H groups in total. The Bertz CT molecular complexity index is 564. The zero-order chi connectivity index (χ0) is 12.5. The number of nitrogen functional groups attached to an aromatic ring is 1. The Morgan fingerprint density at radius 2 is 2.06 bits per heavy atom. The Hall–Kier alpha value is -1.79. The van der Waals surface area contributed by atoms with Gasteiger partial charge in [0.05, 0.1) is 11.3 Å². The number of hydrogen-bond acceptors (Lipinski definition) is 5. The fourth-order valence-corrected chi connectivity index (χ4v) is 1.96. The van der Waals surface area contributed by atoms with Crippen LogP contribution in [0.2, 0.25) is 0 Å². The van der Waals surface area contributed by atoms with Crippen molar-refractivity contribution in [3.63, 3.8) is 0 Å². The second-order valence-corrected chi connectivity index (χ2v) is 4.26. The highest BCUT2D eigenvalue weighted by molar-refractivity contribution is 7.89. The molecule has 0 unspecified atom stereocenters. The molecule has 0 spiro atoms. The number of nitrogens with two attached hydrogens (primary N) is 2. The molecule has 0 aliphatic heterocycles. The van der Waals surface area contributed by atoms with E-state index in [0.29, 0.717) is 6.20 Å². The average Bonchev–Trinajstić information content (AvgIpc) is 2.14. The summed E-state index contributed by atoms with van der Waals surface area (Å²) in [4.78, 5) is 2.36. The van der Waals surface area contributed by atoms with Crippen molar-refractivity contribution in [1.29, 1.82) is 5.26 Å². The van der Waals surface area contributed by atoms with Gasteiger partial charge in [0.25, 0.3) is 6.43 Å². The summed E-state index contributed by atoms with van der Waals surface area (Å²) in [5.41, 5.74) is 3.20. The fraction of sp³-hybridized carbons (Fsp3) is 0.143. The molecule has 0 bridgehead atoms. The third kappa shape index (κ3) is 2.07. The molecule has 0 aliphatic carbocycles. The molecule has 0 fully saturated rings. The lowest BCUT2D eigenvalue weighted by Gasteiger charge is -2.09. The average molecular weight is 248 g/mol. The second-order valence-electron chi connectivity index (χ2n) is 2.76. The summed E-state index contributed by atoms with van der Waals surface area (Å²) in [7, 11) is -4.44. The first-order valence-corrected chi connectivity index (χ1v) is 5.33. The van der Waals surface area contributed by atoms with Gasteiger partial charge in [-0.15, -0.1) is 0 Å². The van der Waals surface area contributed by atoms with Gasteiger partial charge in [-0.25, -0.2) is 27.3 Å². The van der Waals surface area contributed by atoms with Gasteiger partial charge in [-0.3, -0.25) is 0 Å². The van der Waals surface area contributed by atoms with Crippen LogP contribution in [0.5, 0.6) is 0 Å². The molecule has 0 aromatic carbocycles. The van der Waals surface area contributed by atoms with E-state index in [1.54, 1.807) is 0 Å². The van der Waals surface area contributed by atoms with Crippen molar-refractivity contribution in [3.05, 3.63) is 17.5 Å². The van der Waals surface area contributed by atoms with Crippen molar-refractivity contribution >= 4 is 15.7 Å². The summed E-state index contributed by atoms with van der Waals surface area (Å²) in [5, 5.41) is 13.3. The third-order valence-electron chi connectivity index (χ3n) is 1.72. The lowest BCUT2D eigenvalue weighted by atomic mass is 10.2. The van der Waals surface area contributed by atoms with Crippen LogP contribution < -0.4 is 10.9 Å². The molecule has 9 heteroatoms. The zero-order valence-electron chi connectivity index (χ0n) is 7.68. The van der Waals surface area contributed by atoms with Crippen molar-refractivity contribution in [2.45, 2.75) is 11.3 Å². The van der Waals surface area contributed by atoms with Crippen LogP contribution in [0.4, 0.5) is 14.5 Å². The Labute approximate surface area is 89.5 Å². The first-order valence-electron chi connectivity index (χ1n) is 3.78. The molecule has 6 nitrogen and oxygen atoms in total. The van der Waals surface area contributed by atoms with E-state index < -0.39 is 38.3 Å². The summed E-state index contributed by atoms with van der Waals surface area (Å²) in [6.07, 6.45) is -2.53. The highest BCUT2D eigenvalue weighted by Gasteiger charge is 2.26. The number of halogens is 2. The molecular weight excluding hydrogens is 242 g/mol. The third-order valence-corrected chi connectivity index (χ3v) is 2.74. The van der Waals surface area contributed by atoms with Gasteiger partial charge in [0, 0.05) is 6.20 Å². The van der Waals surface area contributed by atoms with Crippen molar-refractivity contribution < 1.29 is 17.2 Å². The molecule has 0 aliphatic rings. The fourth-order valence-electron chi connectivity index (χ4n) is 1.09. The first-order chi connectivity index (χ1) is 7.29. The van der Waals surface area contributed by atoms with Gasteiger partial charge in [0.15, 0.2) is 5.69 Å². The Morgan fingerprint density at radius 3 is 2.44 bits per heavy atom. The van der Waals surface area contributed by atoms with Gasteiger partial charge in [0.2, 0.25) is 10.0 Å². The molecule has 0 saturated heterocycles. The Balaban J connectivity index is 3.72. The van der Waals surface area contributed by atoms with E-state index in [1.165, 1.54) is 6.07 Å². The molecule has 1 heterocycles. The summed E-state index contributed by atoms with van der Waals surface area (Å²) in [6, 6.07) is 1.47. The monoisotopic (exact) mass is 248 g/mol. The van der Waals surface area contributed by atoms with Crippen molar-refractivity contribution in [2.24, 2.45) is 5.14 Å². The molecular formula is C7H6F2N4O2S. The van der Waals surface area contributed by atoms with Crippen LogP contribution in [-0.2, 0) is 10.0 Å². The number of rotatable bonds is 2. The zero-order valence-corrected chi connectivity index (χ0v) is 8.50. The number of primary sulfonamides is 1. The number of sulfonamides is 1. The molecule has 16 heavy (non-hydrogen) atoms. The Morgan fingerprint density at radius 1 is 1.50 bits per heavy atom. The largest absolute Gasteiger partial charge is 0.395 e. The van der Waals surface area contributed by atoms with Crippen LogP contribution in [-0.4, -0.2) is 13.4 Å². The molecule has 86 valence electrons. The van der Waals surface area contributed by atoms with E-state index in [9.17, 15) is 17.2 Å². The van der Waals surface area contributed by atoms with Gasteiger partial charge < -0.3 is 5.73 Å². The van der Waals surface area contributed by atoms with E-state index in [1.807, 2.05) is 0 Å². The van der Waals surface area contributed by atoms with E-state index in [0.717, 1.165) is 0 Å². The first kappa shape index (κ1) is 12.3. The second kappa shape index (κ2) is 3.99. The van der Waals surface area contributed by atoms with Gasteiger partial charge in [-0.05, 0) is 0 Å². The van der Waals surface area contributed by atoms with Crippen LogP contribution in [0.1, 0.15) is 17.7 Å². The predicted molar refractivity (Wildman–Crippen MR) is 49.7 cm³/mol. The molecule has 0 atom stereocenters. The lowest BCUT2D eigenvalue weighted by Crippen LogP contribution is -2.18. The maximum atomic E-state index is 12.5. The smallest absolute Gasteiger partial charge is 0.266 e. The highest BCUT2D eigenvalue weighted by Crippen LogP contribution is 2.30. The number of hydrogen-bond donors (Lipinski definition) is 2. The van der Waals surface area contributed by atoms with Crippen LogP contribution in [0, 0.1) is 11.3 Å². The summed E-state index contributed by atoms with van der Waals surface area (Å²) < 4.78 is 47.1. The minimum atomic E-state index is -4.44. The van der Waals surface area contributed by atoms with E-state index in [4.69, 9.17) is 16.1 Å². The van der Waals surface area contributed by atoms with Crippen molar-refractivity contribution in [3.8, 4) is 6.07 Å². The number of aromatic nitrogens is 1. The molecule has 1 aromatic heterocycles. The minimum absolute atomic E-state index is 0.464. The number of anilines is 1. The SMILES string of the molecule is N#Cc1ncc(C(F)F)c(S(N)(=O)=O)c1N. The van der Waals surface area contributed by atoms with Gasteiger partial charge in [-0.2, -0.15) is 5.26 Å². The number of alkyl halides is 2. The van der Waals surface area contributed by atoms with Crippen LogP contribution in [0.15, 0.2) is 11.1 Å². The van der Waals surface area contributed by atoms with E-state index in [2.05, 4.69) is 4.98 Å². The summed E-state index contributed by atoms with van der Waals surface area (Å²) in [5.74, 6) is 0. The lowest BCUT2D eigenvalue weighted by molar-refractivity contribution is 0.147. The number of nitriles is 1. The minimum Gasteiger partial charge on any atom is -0.395 e. The molecule has 0 amide bonds. The standard InChI is InChI=1S/C7H6F2N4O2S/c8-7(9)3-2-13-4(1-10)5(11)6(3)16(12,14)15/h2,7H,11H2,(H2,12,14,15). The Kier molecular flexibility index (Phi) is 3.06. The number of pyridine rings is 1. The summed E-state index contributed by atoms with van der Waals surface area (Å²) >= 11 is 0. The normalized spacial score (nSPS) is 11.4. The molecule has 1 aromatic rings. The van der Waals surface area contributed by atoms with Crippen molar-refractivity contribution in [1.82, 2.24) is 4.98 Å². The van der Waals surface area contributed by atoms with E-state index in [-0.39, 0.29) is 0 Å². The van der Waals surface area contributed by atoms with Crippen LogP contribution >= 0.6 is 0 Å². The molecule has 0 radical (unpaired) electrons. The predicted octanol–water partition coefficient (Wildman–Crippen LogP) is 0.120. The molecule has 1 rings (SSSR count). The highest BCUT2D eigenvalue weighted by atomic mass is 32.2. The maximum Gasteiger partial charge on any atom is 0.266 e. The van der Waals surface area contributed by atoms with E-state index >= 15 is 0 Å². The topological polar surface area (TPSA) is 123 Å². The maximum absolute atomic E-state index is 12.5. The van der Waals surface area contributed by atoms with Gasteiger partial charge in [0.1, 0.15) is 11.0 Å². The van der Waals surface area contributed by atoms with Crippen molar-refractivity contribution in [2.75, 3.05) is 5.73 Å². The molecule has 0 saturated carbocycles.